The van der Waals surface area contributed by atoms with E-state index in [9.17, 15) is 0 Å². The number of pyridine rings is 1. The summed E-state index contributed by atoms with van der Waals surface area (Å²) in [7, 11) is 0. The lowest BCUT2D eigenvalue weighted by Crippen LogP contribution is -1.96. The topological polar surface area (TPSA) is 31.0 Å². The third-order valence-corrected chi connectivity index (χ3v) is 7.44. The third-order valence-electron chi connectivity index (χ3n) is 7.44. The quantitative estimate of drug-likeness (QED) is 0.249. The third kappa shape index (κ3) is 3.12. The normalized spacial score (nSPS) is 11.7. The first kappa shape index (κ1) is 21.0. The first-order chi connectivity index (χ1) is 18.8. The molecule has 3 aromatic heterocycles. The van der Waals surface area contributed by atoms with E-state index in [1.54, 1.807) is 0 Å². The maximum Gasteiger partial charge on any atom is 0.229 e. The molecule has 0 bridgehead atoms. The van der Waals surface area contributed by atoms with Crippen LogP contribution in [-0.2, 0) is 0 Å². The van der Waals surface area contributed by atoms with Crippen molar-refractivity contribution in [3.63, 3.8) is 0 Å². The molecule has 0 aliphatic rings. The Kier molecular flexibility index (Phi) is 4.52. The molecule has 8 rings (SSSR count). The molecule has 0 amide bonds. The smallest absolute Gasteiger partial charge is 0.229 e. The van der Waals surface area contributed by atoms with Crippen LogP contribution in [0.1, 0.15) is 0 Å². The lowest BCUT2D eigenvalue weighted by Gasteiger charge is -2.06. The van der Waals surface area contributed by atoms with Gasteiger partial charge in [0.25, 0.3) is 0 Å². The molecule has 0 aliphatic heterocycles. The Morgan fingerprint density at radius 2 is 1.11 bits per heavy atom. The molecule has 0 spiro atoms. The van der Waals surface area contributed by atoms with Gasteiger partial charge < -0.3 is 4.42 Å². The van der Waals surface area contributed by atoms with Gasteiger partial charge in [-0.3, -0.25) is 4.57 Å². The number of para-hydroxylation sites is 3. The fraction of sp³-hybridized carbons (Fsp3) is 0. The molecule has 0 aliphatic carbocycles. The second-order valence-electron chi connectivity index (χ2n) is 9.62. The molecular weight excluding hydrogens is 464 g/mol. The van der Waals surface area contributed by atoms with E-state index >= 15 is 0 Å². The van der Waals surface area contributed by atoms with Crippen LogP contribution >= 0.6 is 0 Å². The molecule has 0 radical (unpaired) electrons. The maximum absolute atomic E-state index is 6.52. The molecule has 8 aromatic rings. The number of hydrogen-bond donors (Lipinski definition) is 0. The van der Waals surface area contributed by atoms with E-state index in [0.29, 0.717) is 5.71 Å². The molecule has 0 unspecified atom stereocenters. The van der Waals surface area contributed by atoms with Crippen LogP contribution in [0.5, 0.6) is 0 Å². The number of furan rings is 1. The van der Waals surface area contributed by atoms with Crippen molar-refractivity contribution in [3.8, 4) is 28.1 Å². The molecule has 3 heterocycles. The molecule has 0 fully saturated rings. The van der Waals surface area contributed by atoms with Gasteiger partial charge in [0.15, 0.2) is 0 Å². The summed E-state index contributed by atoms with van der Waals surface area (Å²) in [6.45, 7) is 0. The summed E-state index contributed by atoms with van der Waals surface area (Å²) in [5.74, 6) is 0.849. The minimum Gasteiger partial charge on any atom is -0.437 e. The van der Waals surface area contributed by atoms with Gasteiger partial charge in [-0.1, -0.05) is 103 Å². The van der Waals surface area contributed by atoms with Crippen molar-refractivity contribution in [2.45, 2.75) is 0 Å². The average Bonchev–Trinajstić information content (AvgIpc) is 3.53. The summed E-state index contributed by atoms with van der Waals surface area (Å²) < 4.78 is 8.75. The number of fused-ring (bicyclic) bond motifs is 6. The van der Waals surface area contributed by atoms with Crippen LogP contribution < -0.4 is 0 Å². The van der Waals surface area contributed by atoms with Gasteiger partial charge in [0.2, 0.25) is 5.71 Å². The molecule has 178 valence electrons. The number of nitrogens with zero attached hydrogens (tertiary/aromatic N) is 2. The SMILES string of the molecule is c1ccc(-c2cccc(-c3cccc4c3oc3nc(-n5c6ccccc6c6ccccc65)ccc34)c2)cc1. The van der Waals surface area contributed by atoms with Gasteiger partial charge in [0, 0.05) is 27.1 Å². The summed E-state index contributed by atoms with van der Waals surface area (Å²) in [6.07, 6.45) is 0. The fourth-order valence-electron chi connectivity index (χ4n) is 5.69. The van der Waals surface area contributed by atoms with Crippen molar-refractivity contribution in [3.05, 3.63) is 133 Å². The lowest BCUT2D eigenvalue weighted by molar-refractivity contribution is 0.654. The molecule has 0 saturated heterocycles. The summed E-state index contributed by atoms with van der Waals surface area (Å²) in [4.78, 5) is 5.05. The number of benzene rings is 5. The zero-order valence-electron chi connectivity index (χ0n) is 20.5. The zero-order valence-corrected chi connectivity index (χ0v) is 20.5. The van der Waals surface area contributed by atoms with Crippen LogP contribution in [0.25, 0.3) is 71.9 Å². The van der Waals surface area contributed by atoms with E-state index in [4.69, 9.17) is 9.40 Å². The van der Waals surface area contributed by atoms with Gasteiger partial charge in [-0.25, -0.2) is 0 Å². The van der Waals surface area contributed by atoms with Gasteiger partial charge >= 0.3 is 0 Å². The van der Waals surface area contributed by atoms with E-state index < -0.39 is 0 Å². The predicted molar refractivity (Wildman–Crippen MR) is 157 cm³/mol. The van der Waals surface area contributed by atoms with E-state index in [-0.39, 0.29) is 0 Å². The Bertz CT molecular complexity index is 2080. The fourth-order valence-corrected chi connectivity index (χ4v) is 5.69. The van der Waals surface area contributed by atoms with Crippen molar-refractivity contribution in [1.82, 2.24) is 9.55 Å². The Balaban J connectivity index is 1.33. The standard InChI is InChI=1S/C35H22N2O/c1-2-10-23(11-3-1)24-12-8-13-25(22-24)26-16-9-17-29-30-20-21-33(36-35(30)38-34(26)29)37-31-18-6-4-14-27(31)28-15-5-7-19-32(28)37/h1-22H. The molecule has 38 heavy (non-hydrogen) atoms. The van der Waals surface area contributed by atoms with E-state index in [0.717, 1.165) is 44.3 Å². The Morgan fingerprint density at radius 1 is 0.474 bits per heavy atom. The first-order valence-electron chi connectivity index (χ1n) is 12.8. The van der Waals surface area contributed by atoms with Gasteiger partial charge in [-0.15, -0.1) is 0 Å². The van der Waals surface area contributed by atoms with Crippen LogP contribution in [-0.4, -0.2) is 9.55 Å². The Morgan fingerprint density at radius 3 is 1.89 bits per heavy atom. The van der Waals surface area contributed by atoms with Crippen LogP contribution in [0.15, 0.2) is 138 Å². The molecule has 3 heteroatoms. The average molecular weight is 487 g/mol. The molecule has 0 atom stereocenters. The van der Waals surface area contributed by atoms with Crippen LogP contribution in [0, 0.1) is 0 Å². The summed E-state index contributed by atoms with van der Waals surface area (Å²) in [5, 5.41) is 4.53. The van der Waals surface area contributed by atoms with Gasteiger partial charge in [-0.2, -0.15) is 4.98 Å². The van der Waals surface area contributed by atoms with Crippen LogP contribution in [0.3, 0.4) is 0 Å². The Labute approximate surface area is 219 Å². The summed E-state index contributed by atoms with van der Waals surface area (Å²) in [5.41, 5.74) is 8.35. The zero-order chi connectivity index (χ0) is 25.1. The lowest BCUT2D eigenvalue weighted by atomic mass is 9.98. The number of hydrogen-bond acceptors (Lipinski definition) is 2. The molecule has 3 nitrogen and oxygen atoms in total. The van der Waals surface area contributed by atoms with Crippen molar-refractivity contribution in [2.24, 2.45) is 0 Å². The van der Waals surface area contributed by atoms with Gasteiger partial charge in [0.05, 0.1) is 11.0 Å². The number of rotatable bonds is 3. The highest BCUT2D eigenvalue weighted by Crippen LogP contribution is 2.38. The van der Waals surface area contributed by atoms with Crippen LogP contribution in [0.4, 0.5) is 0 Å². The van der Waals surface area contributed by atoms with E-state index in [2.05, 4.69) is 132 Å². The molecule has 0 saturated carbocycles. The highest BCUT2D eigenvalue weighted by atomic mass is 16.3. The van der Waals surface area contributed by atoms with Gasteiger partial charge in [0.1, 0.15) is 11.4 Å². The summed E-state index contributed by atoms with van der Waals surface area (Å²) in [6, 6.07) is 46.6. The molecule has 0 N–H and O–H groups in total. The maximum atomic E-state index is 6.52. The summed E-state index contributed by atoms with van der Waals surface area (Å²) >= 11 is 0. The Hall–Kier alpha value is -5.15. The minimum atomic E-state index is 0.644. The van der Waals surface area contributed by atoms with Crippen molar-refractivity contribution < 1.29 is 4.42 Å². The predicted octanol–water partition coefficient (Wildman–Crippen LogP) is 9.41. The minimum absolute atomic E-state index is 0.644. The highest BCUT2D eigenvalue weighted by molar-refractivity contribution is 6.10. The number of aromatic nitrogens is 2. The molecular formula is C35H22N2O. The largest absolute Gasteiger partial charge is 0.437 e. The molecule has 5 aromatic carbocycles. The van der Waals surface area contributed by atoms with Crippen molar-refractivity contribution in [1.29, 1.82) is 0 Å². The van der Waals surface area contributed by atoms with E-state index in [1.807, 2.05) is 6.07 Å². The second-order valence-corrected chi connectivity index (χ2v) is 9.62. The van der Waals surface area contributed by atoms with Crippen molar-refractivity contribution >= 4 is 43.9 Å². The van der Waals surface area contributed by atoms with Gasteiger partial charge in [-0.05, 0) is 47.0 Å². The van der Waals surface area contributed by atoms with Crippen molar-refractivity contribution in [2.75, 3.05) is 0 Å². The van der Waals surface area contributed by atoms with E-state index in [1.165, 1.54) is 21.9 Å². The highest BCUT2D eigenvalue weighted by Gasteiger charge is 2.17. The monoisotopic (exact) mass is 486 g/mol. The van der Waals surface area contributed by atoms with Crippen LogP contribution in [0.2, 0.25) is 0 Å². The second kappa shape index (κ2) is 8.19. The first-order valence-corrected chi connectivity index (χ1v) is 12.8.